The zero-order valence-electron chi connectivity index (χ0n) is 9.53. The number of alkyl halides is 3. The fourth-order valence-electron chi connectivity index (χ4n) is 1.74. The molecule has 2 aromatic rings. The standard InChI is InChI=1S/C13H5Cl3F4/c14-9-3-4-10(15)12(16)11(9)7-5-6(17)1-2-8(7)13(18,19)20/h1-5H. The van der Waals surface area contributed by atoms with Crippen LogP contribution in [0.25, 0.3) is 11.1 Å². The average Bonchev–Trinajstić information content (AvgIpc) is 2.33. The maximum atomic E-state index is 13.3. The van der Waals surface area contributed by atoms with Gasteiger partial charge in [-0.2, -0.15) is 13.2 Å². The Hall–Kier alpha value is -0.970. The van der Waals surface area contributed by atoms with E-state index in [-0.39, 0.29) is 20.6 Å². The van der Waals surface area contributed by atoms with Crippen LogP contribution in [0.1, 0.15) is 5.56 Å². The highest BCUT2D eigenvalue weighted by Crippen LogP contribution is 2.44. The van der Waals surface area contributed by atoms with E-state index in [1.165, 1.54) is 12.1 Å². The van der Waals surface area contributed by atoms with Crippen molar-refractivity contribution in [3.05, 3.63) is 56.8 Å². The molecule has 0 bridgehead atoms. The van der Waals surface area contributed by atoms with Gasteiger partial charge in [0, 0.05) is 5.56 Å². The third kappa shape index (κ3) is 2.87. The summed E-state index contributed by atoms with van der Waals surface area (Å²) >= 11 is 17.6. The molecule has 2 aromatic carbocycles. The molecule has 0 saturated heterocycles. The molecular formula is C13H5Cl3F4. The van der Waals surface area contributed by atoms with Crippen LogP contribution in [0.5, 0.6) is 0 Å². The molecule has 0 radical (unpaired) electrons. The highest BCUT2D eigenvalue weighted by atomic mass is 35.5. The molecule has 0 aromatic heterocycles. The molecule has 106 valence electrons. The molecule has 20 heavy (non-hydrogen) atoms. The lowest BCUT2D eigenvalue weighted by molar-refractivity contribution is -0.137. The molecule has 0 spiro atoms. The molecule has 0 aliphatic heterocycles. The van der Waals surface area contributed by atoms with E-state index >= 15 is 0 Å². The number of halogens is 7. The van der Waals surface area contributed by atoms with Crippen LogP contribution in [-0.4, -0.2) is 0 Å². The van der Waals surface area contributed by atoms with Crippen molar-refractivity contribution in [3.8, 4) is 11.1 Å². The number of rotatable bonds is 1. The molecule has 0 atom stereocenters. The van der Waals surface area contributed by atoms with Crippen LogP contribution in [-0.2, 0) is 6.18 Å². The lowest BCUT2D eigenvalue weighted by Crippen LogP contribution is -2.07. The van der Waals surface area contributed by atoms with Gasteiger partial charge in [-0.3, -0.25) is 0 Å². The van der Waals surface area contributed by atoms with Gasteiger partial charge in [0.2, 0.25) is 0 Å². The van der Waals surface area contributed by atoms with E-state index in [1.807, 2.05) is 0 Å². The van der Waals surface area contributed by atoms with Gasteiger partial charge < -0.3 is 0 Å². The third-order valence-electron chi connectivity index (χ3n) is 2.60. The Labute approximate surface area is 126 Å². The quantitative estimate of drug-likeness (QED) is 0.411. The van der Waals surface area contributed by atoms with Gasteiger partial charge in [0.05, 0.1) is 20.6 Å². The van der Waals surface area contributed by atoms with E-state index in [2.05, 4.69) is 0 Å². The Morgan fingerprint density at radius 2 is 1.45 bits per heavy atom. The van der Waals surface area contributed by atoms with E-state index in [9.17, 15) is 17.6 Å². The average molecular weight is 344 g/mol. The van der Waals surface area contributed by atoms with Crippen molar-refractivity contribution in [2.45, 2.75) is 6.18 Å². The number of hydrogen-bond acceptors (Lipinski definition) is 0. The van der Waals surface area contributed by atoms with Crippen molar-refractivity contribution in [2.75, 3.05) is 0 Å². The first-order valence-corrected chi connectivity index (χ1v) is 6.36. The molecule has 0 nitrogen and oxygen atoms in total. The molecule has 0 unspecified atom stereocenters. The lowest BCUT2D eigenvalue weighted by atomic mass is 9.99. The molecule has 0 fully saturated rings. The van der Waals surface area contributed by atoms with E-state index in [4.69, 9.17) is 34.8 Å². The summed E-state index contributed by atoms with van der Waals surface area (Å²) in [4.78, 5) is 0. The minimum Gasteiger partial charge on any atom is -0.207 e. The van der Waals surface area contributed by atoms with E-state index in [1.54, 1.807) is 0 Å². The predicted molar refractivity (Wildman–Crippen MR) is 71.9 cm³/mol. The van der Waals surface area contributed by atoms with E-state index in [0.29, 0.717) is 6.07 Å². The Balaban J connectivity index is 2.82. The van der Waals surface area contributed by atoms with Gasteiger partial charge in [-0.15, -0.1) is 0 Å². The zero-order chi connectivity index (χ0) is 15.1. The lowest BCUT2D eigenvalue weighted by Gasteiger charge is -2.15. The Morgan fingerprint density at radius 3 is 2.05 bits per heavy atom. The summed E-state index contributed by atoms with van der Waals surface area (Å²) in [5, 5.41) is -0.172. The van der Waals surface area contributed by atoms with Crippen molar-refractivity contribution in [1.82, 2.24) is 0 Å². The van der Waals surface area contributed by atoms with Crippen molar-refractivity contribution in [2.24, 2.45) is 0 Å². The predicted octanol–water partition coefficient (Wildman–Crippen LogP) is 6.47. The summed E-state index contributed by atoms with van der Waals surface area (Å²) in [6.45, 7) is 0. The molecule has 0 N–H and O–H groups in total. The van der Waals surface area contributed by atoms with Crippen molar-refractivity contribution >= 4 is 34.8 Å². The van der Waals surface area contributed by atoms with Gasteiger partial charge in [0.15, 0.2) is 0 Å². The molecule has 0 heterocycles. The van der Waals surface area contributed by atoms with Crippen molar-refractivity contribution < 1.29 is 17.6 Å². The molecule has 0 amide bonds. The van der Waals surface area contributed by atoms with Gasteiger partial charge >= 0.3 is 6.18 Å². The summed E-state index contributed by atoms with van der Waals surface area (Å²) in [6, 6.07) is 4.74. The second kappa shape index (κ2) is 5.43. The summed E-state index contributed by atoms with van der Waals surface area (Å²) in [7, 11) is 0. The summed E-state index contributed by atoms with van der Waals surface area (Å²) in [5.74, 6) is -0.833. The fraction of sp³-hybridized carbons (Fsp3) is 0.0769. The largest absolute Gasteiger partial charge is 0.417 e. The highest BCUT2D eigenvalue weighted by Gasteiger charge is 2.35. The van der Waals surface area contributed by atoms with Crippen LogP contribution in [0.2, 0.25) is 15.1 Å². The van der Waals surface area contributed by atoms with E-state index < -0.39 is 23.1 Å². The SMILES string of the molecule is Fc1ccc(C(F)(F)F)c(-c2c(Cl)ccc(Cl)c2Cl)c1. The Kier molecular flexibility index (Phi) is 4.19. The van der Waals surface area contributed by atoms with Crippen LogP contribution in [0.15, 0.2) is 30.3 Å². The monoisotopic (exact) mass is 342 g/mol. The summed E-state index contributed by atoms with van der Waals surface area (Å²) < 4.78 is 52.3. The smallest absolute Gasteiger partial charge is 0.207 e. The first-order valence-electron chi connectivity index (χ1n) is 5.22. The normalized spacial score (nSPS) is 11.8. The van der Waals surface area contributed by atoms with Crippen LogP contribution in [0.3, 0.4) is 0 Å². The Bertz CT molecular complexity index is 665. The van der Waals surface area contributed by atoms with Crippen LogP contribution in [0.4, 0.5) is 17.6 Å². The van der Waals surface area contributed by atoms with E-state index in [0.717, 1.165) is 12.1 Å². The summed E-state index contributed by atoms with van der Waals surface area (Å²) in [6.07, 6.45) is -4.67. The third-order valence-corrected chi connectivity index (χ3v) is 3.72. The highest BCUT2D eigenvalue weighted by molar-refractivity contribution is 6.46. The molecular weight excluding hydrogens is 338 g/mol. The molecule has 0 aliphatic carbocycles. The minimum atomic E-state index is -4.67. The van der Waals surface area contributed by atoms with Crippen LogP contribution < -0.4 is 0 Å². The van der Waals surface area contributed by atoms with Crippen molar-refractivity contribution in [3.63, 3.8) is 0 Å². The second-order valence-electron chi connectivity index (χ2n) is 3.91. The van der Waals surface area contributed by atoms with Crippen LogP contribution >= 0.6 is 34.8 Å². The van der Waals surface area contributed by atoms with Gasteiger partial charge in [0.25, 0.3) is 0 Å². The second-order valence-corrected chi connectivity index (χ2v) is 5.10. The molecule has 0 saturated carbocycles. The molecule has 7 heteroatoms. The van der Waals surface area contributed by atoms with Gasteiger partial charge in [-0.1, -0.05) is 34.8 Å². The fourth-order valence-corrected chi connectivity index (χ4v) is 2.48. The van der Waals surface area contributed by atoms with Gasteiger partial charge in [0.1, 0.15) is 5.82 Å². The Morgan fingerprint density at radius 1 is 0.850 bits per heavy atom. The maximum Gasteiger partial charge on any atom is 0.417 e. The summed E-state index contributed by atoms with van der Waals surface area (Å²) in [5.41, 5.74) is -1.63. The first-order chi connectivity index (χ1) is 9.21. The maximum absolute atomic E-state index is 13.3. The van der Waals surface area contributed by atoms with Crippen molar-refractivity contribution in [1.29, 1.82) is 0 Å². The molecule has 2 rings (SSSR count). The van der Waals surface area contributed by atoms with Crippen LogP contribution in [0, 0.1) is 5.82 Å². The topological polar surface area (TPSA) is 0 Å². The molecule has 0 aliphatic rings. The number of benzene rings is 2. The first kappa shape index (κ1) is 15.4. The van der Waals surface area contributed by atoms with Gasteiger partial charge in [-0.05, 0) is 35.9 Å². The number of hydrogen-bond donors (Lipinski definition) is 0. The zero-order valence-corrected chi connectivity index (χ0v) is 11.8. The van der Waals surface area contributed by atoms with Gasteiger partial charge in [-0.25, -0.2) is 4.39 Å². The minimum absolute atomic E-state index is 0.0310.